The monoisotopic (exact) mass is 297 g/mol. The number of halogens is 1. The standard InChI is InChI=1S/C19H20FNO/c1-11-8-12(2)18(13(3)9-11)21-19(22)17-10-16(17)14-4-6-15(20)7-5-14/h4-9,16-17H,10H2,1-3H3,(H,21,22). The van der Waals surface area contributed by atoms with Crippen molar-refractivity contribution in [2.24, 2.45) is 5.92 Å². The lowest BCUT2D eigenvalue weighted by atomic mass is 10.0. The van der Waals surface area contributed by atoms with Crippen molar-refractivity contribution in [2.75, 3.05) is 5.32 Å². The van der Waals surface area contributed by atoms with E-state index in [0.717, 1.165) is 28.8 Å². The van der Waals surface area contributed by atoms with Gasteiger partial charge in [0, 0.05) is 11.6 Å². The summed E-state index contributed by atoms with van der Waals surface area (Å²) in [5, 5.41) is 3.07. The maximum Gasteiger partial charge on any atom is 0.228 e. The lowest BCUT2D eigenvalue weighted by Gasteiger charge is -2.13. The molecule has 2 atom stereocenters. The van der Waals surface area contributed by atoms with Gasteiger partial charge in [0.25, 0.3) is 0 Å². The highest BCUT2D eigenvalue weighted by molar-refractivity contribution is 5.96. The molecule has 1 N–H and O–H groups in total. The summed E-state index contributed by atoms with van der Waals surface area (Å²) in [5.41, 5.74) is 5.33. The molecular formula is C19H20FNO. The van der Waals surface area contributed by atoms with Crippen molar-refractivity contribution in [1.29, 1.82) is 0 Å². The van der Waals surface area contributed by atoms with E-state index in [1.165, 1.54) is 17.7 Å². The molecule has 1 fully saturated rings. The first kappa shape index (κ1) is 14.8. The van der Waals surface area contributed by atoms with Crippen LogP contribution < -0.4 is 5.32 Å². The Morgan fingerprint density at radius 3 is 2.27 bits per heavy atom. The van der Waals surface area contributed by atoms with Crippen molar-refractivity contribution >= 4 is 11.6 Å². The van der Waals surface area contributed by atoms with E-state index in [2.05, 4.69) is 24.4 Å². The Morgan fingerprint density at radius 2 is 1.68 bits per heavy atom. The van der Waals surface area contributed by atoms with Crippen LogP contribution in [-0.4, -0.2) is 5.91 Å². The Kier molecular flexibility index (Phi) is 3.73. The van der Waals surface area contributed by atoms with E-state index in [9.17, 15) is 9.18 Å². The molecule has 0 radical (unpaired) electrons. The summed E-state index contributed by atoms with van der Waals surface area (Å²) < 4.78 is 13.0. The fraction of sp³-hybridized carbons (Fsp3) is 0.316. The van der Waals surface area contributed by atoms with Crippen LogP contribution >= 0.6 is 0 Å². The average Bonchev–Trinajstić information content (AvgIpc) is 3.24. The lowest BCUT2D eigenvalue weighted by Crippen LogP contribution is -2.16. The maximum absolute atomic E-state index is 13.0. The van der Waals surface area contributed by atoms with E-state index in [-0.39, 0.29) is 23.6 Å². The zero-order valence-corrected chi connectivity index (χ0v) is 13.1. The summed E-state index contributed by atoms with van der Waals surface area (Å²) in [5.74, 6) is 0.0258. The molecule has 1 aliphatic carbocycles. The Bertz CT molecular complexity index is 698. The van der Waals surface area contributed by atoms with Crippen molar-refractivity contribution < 1.29 is 9.18 Å². The van der Waals surface area contributed by atoms with E-state index < -0.39 is 0 Å². The summed E-state index contributed by atoms with van der Waals surface area (Å²) in [7, 11) is 0. The Balaban J connectivity index is 1.71. The van der Waals surface area contributed by atoms with E-state index in [0.29, 0.717) is 0 Å². The number of carbonyl (C=O) groups is 1. The molecule has 0 aliphatic heterocycles. The van der Waals surface area contributed by atoms with E-state index >= 15 is 0 Å². The summed E-state index contributed by atoms with van der Waals surface area (Å²) in [4.78, 5) is 12.4. The average molecular weight is 297 g/mol. The molecule has 2 aromatic carbocycles. The van der Waals surface area contributed by atoms with Crippen molar-refractivity contribution in [3.8, 4) is 0 Å². The molecule has 0 bridgehead atoms. The third-order valence-corrected chi connectivity index (χ3v) is 4.35. The van der Waals surface area contributed by atoms with Gasteiger partial charge in [-0.3, -0.25) is 4.79 Å². The second kappa shape index (κ2) is 5.56. The molecule has 2 unspecified atom stereocenters. The van der Waals surface area contributed by atoms with Crippen LogP contribution in [0.1, 0.15) is 34.6 Å². The first-order valence-electron chi connectivity index (χ1n) is 7.60. The van der Waals surface area contributed by atoms with Gasteiger partial charge in [-0.15, -0.1) is 0 Å². The lowest BCUT2D eigenvalue weighted by molar-refractivity contribution is -0.117. The van der Waals surface area contributed by atoms with Crippen molar-refractivity contribution in [1.82, 2.24) is 0 Å². The van der Waals surface area contributed by atoms with Crippen LogP contribution in [0.25, 0.3) is 0 Å². The van der Waals surface area contributed by atoms with Gasteiger partial charge >= 0.3 is 0 Å². The van der Waals surface area contributed by atoms with Gasteiger partial charge in [0.1, 0.15) is 5.82 Å². The van der Waals surface area contributed by atoms with Crippen LogP contribution in [-0.2, 0) is 4.79 Å². The minimum absolute atomic E-state index is 0.00874. The molecule has 3 rings (SSSR count). The third kappa shape index (κ3) is 2.89. The number of anilines is 1. The number of hydrogen-bond donors (Lipinski definition) is 1. The van der Waals surface area contributed by atoms with Crippen LogP contribution in [0, 0.1) is 32.5 Å². The summed E-state index contributed by atoms with van der Waals surface area (Å²) in [6, 6.07) is 10.6. The molecule has 0 spiro atoms. The fourth-order valence-corrected chi connectivity index (χ4v) is 3.16. The van der Waals surface area contributed by atoms with Crippen molar-refractivity contribution in [3.05, 3.63) is 64.5 Å². The zero-order valence-electron chi connectivity index (χ0n) is 13.1. The molecule has 1 saturated carbocycles. The maximum atomic E-state index is 13.0. The van der Waals surface area contributed by atoms with Gasteiger partial charge in [-0.1, -0.05) is 29.8 Å². The largest absolute Gasteiger partial charge is 0.325 e. The molecule has 22 heavy (non-hydrogen) atoms. The first-order chi connectivity index (χ1) is 10.5. The topological polar surface area (TPSA) is 29.1 Å². The fourth-order valence-electron chi connectivity index (χ4n) is 3.16. The van der Waals surface area contributed by atoms with Gasteiger partial charge in [0.05, 0.1) is 0 Å². The smallest absolute Gasteiger partial charge is 0.228 e. The molecule has 2 aromatic rings. The number of carbonyl (C=O) groups excluding carboxylic acids is 1. The highest BCUT2D eigenvalue weighted by Gasteiger charge is 2.44. The SMILES string of the molecule is Cc1cc(C)c(NC(=O)C2CC2c2ccc(F)cc2)c(C)c1. The highest BCUT2D eigenvalue weighted by Crippen LogP contribution is 2.48. The van der Waals surface area contributed by atoms with E-state index in [1.54, 1.807) is 12.1 Å². The minimum Gasteiger partial charge on any atom is -0.325 e. The van der Waals surface area contributed by atoms with E-state index in [1.807, 2.05) is 13.8 Å². The van der Waals surface area contributed by atoms with Gasteiger partial charge in [-0.2, -0.15) is 0 Å². The number of aryl methyl sites for hydroxylation is 3. The molecule has 2 nitrogen and oxygen atoms in total. The number of rotatable bonds is 3. The molecular weight excluding hydrogens is 277 g/mol. The van der Waals surface area contributed by atoms with Gasteiger partial charge in [0.2, 0.25) is 5.91 Å². The van der Waals surface area contributed by atoms with Crippen LogP contribution in [0.4, 0.5) is 10.1 Å². The van der Waals surface area contributed by atoms with Gasteiger partial charge in [-0.05, 0) is 61.9 Å². The number of hydrogen-bond acceptors (Lipinski definition) is 1. The zero-order chi connectivity index (χ0) is 15.9. The van der Waals surface area contributed by atoms with Crippen molar-refractivity contribution in [2.45, 2.75) is 33.1 Å². The second-order valence-corrected chi connectivity index (χ2v) is 6.26. The Labute approximate surface area is 130 Å². The van der Waals surface area contributed by atoms with Gasteiger partial charge in [0.15, 0.2) is 0 Å². The van der Waals surface area contributed by atoms with Gasteiger partial charge in [-0.25, -0.2) is 4.39 Å². The van der Waals surface area contributed by atoms with Crippen molar-refractivity contribution in [3.63, 3.8) is 0 Å². The van der Waals surface area contributed by atoms with E-state index in [4.69, 9.17) is 0 Å². The number of benzene rings is 2. The summed E-state index contributed by atoms with van der Waals surface area (Å²) in [6.07, 6.45) is 0.835. The number of amides is 1. The molecule has 3 heteroatoms. The van der Waals surface area contributed by atoms with Crippen LogP contribution in [0.3, 0.4) is 0 Å². The third-order valence-electron chi connectivity index (χ3n) is 4.35. The van der Waals surface area contributed by atoms with Crippen LogP contribution in [0.2, 0.25) is 0 Å². The summed E-state index contributed by atoms with van der Waals surface area (Å²) >= 11 is 0. The van der Waals surface area contributed by atoms with Crippen LogP contribution in [0.5, 0.6) is 0 Å². The minimum atomic E-state index is -0.240. The molecule has 1 aliphatic rings. The Hall–Kier alpha value is -2.16. The summed E-state index contributed by atoms with van der Waals surface area (Å²) in [6.45, 7) is 6.08. The molecule has 0 aromatic heterocycles. The molecule has 1 amide bonds. The highest BCUT2D eigenvalue weighted by atomic mass is 19.1. The quantitative estimate of drug-likeness (QED) is 0.888. The molecule has 0 heterocycles. The van der Waals surface area contributed by atoms with Crippen LogP contribution in [0.15, 0.2) is 36.4 Å². The number of nitrogens with one attached hydrogen (secondary N) is 1. The Morgan fingerprint density at radius 1 is 1.09 bits per heavy atom. The normalized spacial score (nSPS) is 19.8. The second-order valence-electron chi connectivity index (χ2n) is 6.26. The molecule has 114 valence electrons. The first-order valence-corrected chi connectivity index (χ1v) is 7.60. The molecule has 0 saturated heterocycles. The van der Waals surface area contributed by atoms with Gasteiger partial charge < -0.3 is 5.32 Å². The predicted octanol–water partition coefficient (Wildman–Crippen LogP) is 4.49. The predicted molar refractivity (Wildman–Crippen MR) is 86.5 cm³/mol.